The number of benzene rings is 2. The van der Waals surface area contributed by atoms with E-state index < -0.39 is 54.3 Å². The van der Waals surface area contributed by atoms with Crippen LogP contribution >= 0.6 is 22.7 Å². The molecular weight excluding hydrogens is 570 g/mol. The minimum Gasteiger partial charge on any atom is -0.480 e. The van der Waals surface area contributed by atoms with Crippen LogP contribution < -0.4 is 27.0 Å². The molecule has 0 fully saturated rings. The van der Waals surface area contributed by atoms with Crippen molar-refractivity contribution in [2.24, 2.45) is 5.73 Å². The number of fused-ring (bicyclic) bond motifs is 2. The molecule has 0 aliphatic rings. The molecule has 2 aromatic heterocycles. The minimum absolute atomic E-state index is 0.189. The van der Waals surface area contributed by atoms with Crippen molar-refractivity contribution in [2.75, 3.05) is 6.54 Å². The predicted octanol–water partition coefficient (Wildman–Crippen LogP) is 1.55. The largest absolute Gasteiger partial charge is 0.480 e. The van der Waals surface area contributed by atoms with E-state index in [9.17, 15) is 28.8 Å². The molecular formula is C27H25N5O7S2. The molecule has 0 radical (unpaired) electrons. The zero-order chi connectivity index (χ0) is 29.5. The topological polar surface area (TPSA) is 197 Å². The number of carboxylic acid groups (broad SMARTS) is 1. The van der Waals surface area contributed by atoms with Gasteiger partial charge in [-0.05, 0) is 41.5 Å². The maximum absolute atomic E-state index is 13.3. The summed E-state index contributed by atoms with van der Waals surface area (Å²) in [5.41, 5.74) is 5.26. The first-order valence-electron chi connectivity index (χ1n) is 12.3. The molecule has 0 aliphatic heterocycles. The third kappa shape index (κ3) is 7.64. The number of carbonyl (C=O) groups excluding carboxylic acids is 5. The second kappa shape index (κ2) is 13.0. The number of hydrogen-bond acceptors (Lipinski definition) is 8. The molecule has 4 rings (SSSR count). The van der Waals surface area contributed by atoms with Gasteiger partial charge in [0.1, 0.15) is 12.6 Å². The van der Waals surface area contributed by atoms with Gasteiger partial charge in [-0.15, -0.1) is 22.7 Å². The van der Waals surface area contributed by atoms with Crippen molar-refractivity contribution >= 4 is 78.4 Å². The third-order valence-corrected chi connectivity index (χ3v) is 8.07. The van der Waals surface area contributed by atoms with Gasteiger partial charge in [0, 0.05) is 15.8 Å². The number of thiophene rings is 2. The van der Waals surface area contributed by atoms with E-state index in [1.54, 1.807) is 18.2 Å². The van der Waals surface area contributed by atoms with E-state index in [4.69, 9.17) is 10.8 Å². The normalized spacial score (nSPS) is 12.3. The lowest BCUT2D eigenvalue weighted by Gasteiger charge is -2.23. The molecule has 0 spiro atoms. The zero-order valence-electron chi connectivity index (χ0n) is 21.3. The summed E-state index contributed by atoms with van der Waals surface area (Å²) in [6.45, 7) is -0.766. The standard InChI is InChI=1S/C27H25N5O7S2/c28-21(33)10-9-16(30-25(37)19-11-14-5-1-3-7-17(14)40-19)24(36)31-23(27(39)29-13-22(34)35)32-26(38)20-12-15-6-2-4-8-18(15)41-20/h1-8,11-12,16,23H,9-10,13H2,(H2,28,33)(H,29,39)(H,30,37)(H,31,36)(H,32,38)(H,34,35)/t16-,23?/m1/s1. The molecule has 7 N–H and O–H groups in total. The van der Waals surface area contributed by atoms with E-state index in [1.807, 2.05) is 42.5 Å². The SMILES string of the molecule is NC(=O)CC[C@@H](NC(=O)c1cc2ccccc2s1)C(=O)NC(NC(=O)c1cc2ccccc2s1)C(=O)NCC(=O)O. The van der Waals surface area contributed by atoms with Crippen LogP contribution in [0.3, 0.4) is 0 Å². The molecule has 0 saturated carbocycles. The van der Waals surface area contributed by atoms with Crippen molar-refractivity contribution in [3.8, 4) is 0 Å². The molecule has 0 aliphatic carbocycles. The van der Waals surface area contributed by atoms with E-state index in [0.717, 1.165) is 31.5 Å². The number of aliphatic carboxylic acids is 1. The van der Waals surface area contributed by atoms with Crippen LogP contribution in [0.4, 0.5) is 0 Å². The van der Waals surface area contributed by atoms with Crippen molar-refractivity contribution in [1.29, 1.82) is 0 Å². The number of nitrogens with two attached hydrogens (primary N) is 1. The van der Waals surface area contributed by atoms with Crippen molar-refractivity contribution in [2.45, 2.75) is 25.0 Å². The van der Waals surface area contributed by atoms with Crippen LogP contribution in [0, 0.1) is 0 Å². The van der Waals surface area contributed by atoms with E-state index in [0.29, 0.717) is 4.88 Å². The Kier molecular flexibility index (Phi) is 9.26. The molecule has 14 heteroatoms. The van der Waals surface area contributed by atoms with E-state index in [-0.39, 0.29) is 17.7 Å². The molecule has 0 saturated heterocycles. The molecule has 1 unspecified atom stereocenters. The predicted molar refractivity (Wildman–Crippen MR) is 153 cm³/mol. The van der Waals surface area contributed by atoms with Crippen molar-refractivity contribution < 1.29 is 33.9 Å². The second-order valence-electron chi connectivity index (χ2n) is 8.85. The molecule has 0 bridgehead atoms. The highest BCUT2D eigenvalue weighted by Gasteiger charge is 2.29. The van der Waals surface area contributed by atoms with Gasteiger partial charge >= 0.3 is 5.97 Å². The van der Waals surface area contributed by atoms with Crippen LogP contribution in [-0.2, 0) is 19.2 Å². The van der Waals surface area contributed by atoms with Gasteiger partial charge in [0.05, 0.1) is 9.75 Å². The molecule has 4 aromatic rings. The van der Waals surface area contributed by atoms with Crippen molar-refractivity contribution in [1.82, 2.24) is 21.3 Å². The van der Waals surface area contributed by atoms with E-state index in [1.165, 1.54) is 11.3 Å². The summed E-state index contributed by atoms with van der Waals surface area (Å²) < 4.78 is 1.68. The van der Waals surface area contributed by atoms with Crippen LogP contribution in [-0.4, -0.2) is 59.4 Å². The fourth-order valence-corrected chi connectivity index (χ4v) is 5.78. The Bertz CT molecular complexity index is 1580. The molecule has 41 heavy (non-hydrogen) atoms. The molecule has 212 valence electrons. The first-order chi connectivity index (χ1) is 19.6. The summed E-state index contributed by atoms with van der Waals surface area (Å²) in [5.74, 6) is -5.23. The molecule has 2 aromatic carbocycles. The number of primary amides is 1. The van der Waals surface area contributed by atoms with Gasteiger partial charge in [0.2, 0.25) is 11.8 Å². The number of carbonyl (C=O) groups is 6. The van der Waals surface area contributed by atoms with Crippen LogP contribution in [0.25, 0.3) is 20.2 Å². The van der Waals surface area contributed by atoms with Crippen LogP contribution in [0.2, 0.25) is 0 Å². The Labute approximate surface area is 240 Å². The minimum atomic E-state index is -1.70. The van der Waals surface area contributed by atoms with Gasteiger partial charge < -0.3 is 32.1 Å². The summed E-state index contributed by atoms with van der Waals surface area (Å²) in [6.07, 6.45) is -2.14. The monoisotopic (exact) mass is 595 g/mol. The Morgan fingerprint density at radius 3 is 1.80 bits per heavy atom. The summed E-state index contributed by atoms with van der Waals surface area (Å²) in [7, 11) is 0. The molecule has 12 nitrogen and oxygen atoms in total. The van der Waals surface area contributed by atoms with Crippen LogP contribution in [0.5, 0.6) is 0 Å². The molecule has 5 amide bonds. The van der Waals surface area contributed by atoms with E-state index in [2.05, 4.69) is 21.3 Å². The smallest absolute Gasteiger partial charge is 0.322 e. The number of carboxylic acids is 1. The second-order valence-corrected chi connectivity index (χ2v) is 11.0. The fourth-order valence-electron chi connectivity index (χ4n) is 3.85. The maximum atomic E-state index is 13.3. The Balaban J connectivity index is 1.53. The van der Waals surface area contributed by atoms with Crippen molar-refractivity contribution in [3.05, 3.63) is 70.4 Å². The van der Waals surface area contributed by atoms with Gasteiger partial charge in [0.25, 0.3) is 17.7 Å². The summed E-state index contributed by atoms with van der Waals surface area (Å²) in [6, 6.07) is 16.5. The Morgan fingerprint density at radius 1 is 0.756 bits per heavy atom. The highest BCUT2D eigenvalue weighted by atomic mass is 32.1. The van der Waals surface area contributed by atoms with Gasteiger partial charge in [-0.1, -0.05) is 36.4 Å². The van der Waals surface area contributed by atoms with E-state index >= 15 is 0 Å². The van der Waals surface area contributed by atoms with Gasteiger partial charge in [-0.3, -0.25) is 28.8 Å². The average molecular weight is 596 g/mol. The fraction of sp³-hybridized carbons (Fsp3) is 0.185. The lowest BCUT2D eigenvalue weighted by atomic mass is 10.1. The number of hydrogen-bond donors (Lipinski definition) is 6. The number of amides is 5. The summed E-state index contributed by atoms with van der Waals surface area (Å²) in [5, 5.41) is 20.0. The number of rotatable bonds is 12. The Hall–Kier alpha value is -4.82. The van der Waals surface area contributed by atoms with Crippen LogP contribution in [0.1, 0.15) is 32.2 Å². The Morgan fingerprint density at radius 2 is 1.29 bits per heavy atom. The zero-order valence-corrected chi connectivity index (χ0v) is 23.0. The summed E-state index contributed by atoms with van der Waals surface area (Å²) in [4.78, 5) is 75.1. The third-order valence-electron chi connectivity index (χ3n) is 5.84. The number of nitrogens with one attached hydrogen (secondary N) is 4. The summed E-state index contributed by atoms with van der Waals surface area (Å²) >= 11 is 2.37. The highest BCUT2D eigenvalue weighted by Crippen LogP contribution is 2.26. The first kappa shape index (κ1) is 29.2. The maximum Gasteiger partial charge on any atom is 0.322 e. The van der Waals surface area contributed by atoms with Crippen LogP contribution in [0.15, 0.2) is 60.7 Å². The van der Waals surface area contributed by atoms with Gasteiger partial charge in [0.15, 0.2) is 6.17 Å². The quantitative estimate of drug-likeness (QED) is 0.134. The lowest BCUT2D eigenvalue weighted by Crippen LogP contribution is -2.60. The lowest BCUT2D eigenvalue weighted by molar-refractivity contribution is -0.138. The van der Waals surface area contributed by atoms with Gasteiger partial charge in [-0.25, -0.2) is 0 Å². The average Bonchev–Trinajstić information content (AvgIpc) is 3.58. The van der Waals surface area contributed by atoms with Gasteiger partial charge in [-0.2, -0.15) is 0 Å². The molecule has 2 atom stereocenters. The first-order valence-corrected chi connectivity index (χ1v) is 13.9. The molecule has 2 heterocycles. The van der Waals surface area contributed by atoms with Crippen molar-refractivity contribution in [3.63, 3.8) is 0 Å². The highest BCUT2D eigenvalue weighted by molar-refractivity contribution is 7.21.